The van der Waals surface area contributed by atoms with Crippen molar-refractivity contribution in [1.82, 2.24) is 20.4 Å². The average molecular weight is 429 g/mol. The second-order valence-electron chi connectivity index (χ2n) is 9.87. The summed E-state index contributed by atoms with van der Waals surface area (Å²) in [6.07, 6.45) is 0.692. The minimum absolute atomic E-state index is 0.00849. The molecule has 4 rings (SSSR count). The van der Waals surface area contributed by atoms with Crippen molar-refractivity contribution in [3.8, 4) is 0 Å². The lowest BCUT2D eigenvalue weighted by Gasteiger charge is -2.44. The predicted molar refractivity (Wildman–Crippen MR) is 104 cm³/mol. The molecule has 7 nitrogen and oxygen atoms in total. The van der Waals surface area contributed by atoms with Gasteiger partial charge in [0.05, 0.1) is 0 Å². The third-order valence-corrected chi connectivity index (χ3v) is 6.51. The molecule has 0 saturated carbocycles. The normalized spacial score (nSPS) is 28.7. The number of carbonyl (C=O) groups is 1. The molecule has 3 aliphatic rings. The van der Waals surface area contributed by atoms with E-state index in [1.165, 1.54) is 0 Å². The smallest absolute Gasteiger partial charge is 0.351 e. The Kier molecular flexibility index (Phi) is 5.48. The molecule has 0 aliphatic carbocycles. The van der Waals surface area contributed by atoms with Crippen LogP contribution in [0.25, 0.3) is 0 Å². The molecule has 1 aromatic rings. The Balaban J connectivity index is 1.34. The number of hydrogen-bond acceptors (Lipinski definition) is 6. The highest BCUT2D eigenvalue weighted by molar-refractivity contribution is 5.79. The number of fused-ring (bicyclic) bond motifs is 2. The Labute approximate surface area is 174 Å². The molecule has 0 spiro atoms. The van der Waals surface area contributed by atoms with Crippen LogP contribution in [-0.4, -0.2) is 57.7 Å². The number of likely N-dealkylation sites (tertiary alicyclic amines) is 1. The lowest BCUT2D eigenvalue weighted by atomic mass is 9.90. The molecule has 0 radical (unpaired) electrons. The van der Waals surface area contributed by atoms with Crippen LogP contribution in [0.2, 0.25) is 0 Å². The van der Waals surface area contributed by atoms with Crippen LogP contribution in [0.15, 0.2) is 4.52 Å². The summed E-state index contributed by atoms with van der Waals surface area (Å²) >= 11 is 0. The molecule has 1 aromatic heterocycles. The molecule has 30 heavy (non-hydrogen) atoms. The molecule has 4 heterocycles. The van der Waals surface area contributed by atoms with Crippen LogP contribution in [-0.2, 0) is 11.0 Å². The number of rotatable bonds is 3. The maximum atomic E-state index is 12.8. The van der Waals surface area contributed by atoms with Gasteiger partial charge in [-0.25, -0.2) is 0 Å². The van der Waals surface area contributed by atoms with Gasteiger partial charge < -0.3 is 19.6 Å². The molecular weight excluding hydrogens is 399 g/mol. The fourth-order valence-corrected chi connectivity index (χ4v) is 5.19. The van der Waals surface area contributed by atoms with Crippen LogP contribution < -0.4 is 10.2 Å². The quantitative estimate of drug-likeness (QED) is 0.795. The van der Waals surface area contributed by atoms with Gasteiger partial charge in [-0.1, -0.05) is 0 Å². The molecule has 2 bridgehead atoms. The summed E-state index contributed by atoms with van der Waals surface area (Å²) < 4.78 is 43.4. The predicted octanol–water partition coefficient (Wildman–Crippen LogP) is 3.21. The van der Waals surface area contributed by atoms with E-state index in [9.17, 15) is 18.0 Å². The number of nitrogens with zero attached hydrogens (tertiary/aromatic N) is 4. The Hall–Kier alpha value is -1.84. The van der Waals surface area contributed by atoms with Crippen LogP contribution in [0.5, 0.6) is 0 Å². The Morgan fingerprint density at radius 1 is 1.03 bits per heavy atom. The zero-order valence-corrected chi connectivity index (χ0v) is 17.7. The number of aromatic nitrogens is 2. The minimum atomic E-state index is -4.59. The summed E-state index contributed by atoms with van der Waals surface area (Å²) in [5, 5.41) is 6.19. The van der Waals surface area contributed by atoms with E-state index in [0.717, 1.165) is 51.6 Å². The van der Waals surface area contributed by atoms with Gasteiger partial charge in [-0.05, 0) is 77.5 Å². The Bertz CT molecular complexity index is 753. The molecule has 3 saturated heterocycles. The topological polar surface area (TPSA) is 74.5 Å². The first-order valence-electron chi connectivity index (χ1n) is 10.8. The van der Waals surface area contributed by atoms with Crippen molar-refractivity contribution >= 4 is 11.9 Å². The molecule has 3 fully saturated rings. The van der Waals surface area contributed by atoms with Crippen LogP contribution in [0.3, 0.4) is 0 Å². The van der Waals surface area contributed by atoms with Gasteiger partial charge in [0, 0.05) is 29.6 Å². The molecule has 0 unspecified atom stereocenters. The third-order valence-electron chi connectivity index (χ3n) is 6.51. The van der Waals surface area contributed by atoms with Crippen LogP contribution >= 0.6 is 0 Å². The van der Waals surface area contributed by atoms with Gasteiger partial charge in [0.25, 0.3) is 5.82 Å². The molecule has 3 aliphatic heterocycles. The van der Waals surface area contributed by atoms with Crippen molar-refractivity contribution < 1.29 is 22.5 Å². The second-order valence-corrected chi connectivity index (χ2v) is 9.87. The average Bonchev–Trinajstić information content (AvgIpc) is 3.22. The first-order chi connectivity index (χ1) is 14.0. The van der Waals surface area contributed by atoms with Gasteiger partial charge in [0.1, 0.15) is 0 Å². The first-order valence-corrected chi connectivity index (χ1v) is 10.8. The molecule has 1 N–H and O–H groups in total. The highest BCUT2D eigenvalue weighted by Crippen LogP contribution is 2.41. The third kappa shape index (κ3) is 4.43. The van der Waals surface area contributed by atoms with E-state index in [1.54, 1.807) is 0 Å². The van der Waals surface area contributed by atoms with Gasteiger partial charge in [-0.2, -0.15) is 18.2 Å². The maximum absolute atomic E-state index is 12.8. The van der Waals surface area contributed by atoms with Crippen LogP contribution in [0.1, 0.15) is 65.1 Å². The van der Waals surface area contributed by atoms with E-state index < -0.39 is 12.0 Å². The van der Waals surface area contributed by atoms with Gasteiger partial charge in [-0.3, -0.25) is 4.79 Å². The van der Waals surface area contributed by atoms with Crippen LogP contribution in [0, 0.1) is 5.92 Å². The van der Waals surface area contributed by atoms with E-state index in [4.69, 9.17) is 4.52 Å². The number of halogens is 3. The van der Waals surface area contributed by atoms with Crippen molar-refractivity contribution in [2.24, 2.45) is 5.92 Å². The van der Waals surface area contributed by atoms with Gasteiger partial charge in [-0.15, -0.1) is 0 Å². The number of alkyl halides is 3. The lowest BCUT2D eigenvalue weighted by Crippen LogP contribution is -2.53. The number of anilines is 1. The number of hydrogen-bond donors (Lipinski definition) is 1. The first kappa shape index (κ1) is 21.4. The summed E-state index contributed by atoms with van der Waals surface area (Å²) in [5.41, 5.74) is -0.221. The van der Waals surface area contributed by atoms with Crippen LogP contribution in [0.4, 0.5) is 19.2 Å². The van der Waals surface area contributed by atoms with Gasteiger partial charge in [0.15, 0.2) is 0 Å². The van der Waals surface area contributed by atoms with Crippen molar-refractivity contribution in [3.05, 3.63) is 5.82 Å². The fourth-order valence-electron chi connectivity index (χ4n) is 5.19. The highest BCUT2D eigenvalue weighted by atomic mass is 19.4. The highest BCUT2D eigenvalue weighted by Gasteiger charge is 2.46. The lowest BCUT2D eigenvalue weighted by molar-refractivity contribution is -0.146. The van der Waals surface area contributed by atoms with E-state index >= 15 is 0 Å². The Morgan fingerprint density at radius 2 is 1.63 bits per heavy atom. The van der Waals surface area contributed by atoms with Crippen molar-refractivity contribution in [3.63, 3.8) is 0 Å². The van der Waals surface area contributed by atoms with Crippen molar-refractivity contribution in [1.29, 1.82) is 0 Å². The molecule has 168 valence electrons. The van der Waals surface area contributed by atoms with E-state index in [1.807, 2.05) is 25.7 Å². The summed E-state index contributed by atoms with van der Waals surface area (Å²) in [7, 11) is 0. The number of amides is 1. The zero-order valence-electron chi connectivity index (χ0n) is 17.7. The molecular formula is C20H30F3N5O2. The summed E-state index contributed by atoms with van der Waals surface area (Å²) in [5.74, 6) is -1.03. The largest absolute Gasteiger partial charge is 0.455 e. The minimum Gasteiger partial charge on any atom is -0.351 e. The zero-order chi connectivity index (χ0) is 21.7. The van der Waals surface area contributed by atoms with E-state index in [2.05, 4.69) is 20.4 Å². The summed E-state index contributed by atoms with van der Waals surface area (Å²) in [4.78, 5) is 20.4. The van der Waals surface area contributed by atoms with Gasteiger partial charge >= 0.3 is 12.2 Å². The number of nitrogens with one attached hydrogen (secondary N) is 1. The fraction of sp³-hybridized carbons (Fsp3) is 0.850. The SMILES string of the molecule is CC(C)(C)NC(=O)C1CCN(C2C[C@H]3CC[C@H](C2)N3c2nc(C(F)(F)F)no2)CC1. The van der Waals surface area contributed by atoms with Crippen molar-refractivity contribution in [2.75, 3.05) is 18.0 Å². The standard InChI is InChI=1S/C20H30F3N5O2/c1-19(2,3)25-16(29)12-6-8-27(9-7-12)15-10-13-4-5-14(11-15)28(13)18-24-17(26-30-18)20(21,22)23/h12-15H,4-11H2,1-3H3,(H,25,29)/t13-,14-/m1/s1. The molecule has 2 atom stereocenters. The van der Waals surface area contributed by atoms with Gasteiger partial charge in [0.2, 0.25) is 5.91 Å². The Morgan fingerprint density at radius 3 is 2.13 bits per heavy atom. The van der Waals surface area contributed by atoms with E-state index in [-0.39, 0.29) is 35.5 Å². The van der Waals surface area contributed by atoms with Crippen molar-refractivity contribution in [2.45, 2.75) is 89.1 Å². The summed E-state index contributed by atoms with van der Waals surface area (Å²) in [6, 6.07) is 0.621. The van der Waals surface area contributed by atoms with E-state index in [0.29, 0.717) is 6.04 Å². The summed E-state index contributed by atoms with van der Waals surface area (Å²) in [6.45, 7) is 7.73. The molecule has 0 aromatic carbocycles. The second kappa shape index (κ2) is 7.69. The molecule has 10 heteroatoms. The number of carbonyl (C=O) groups excluding carboxylic acids is 1. The monoisotopic (exact) mass is 429 g/mol. The molecule has 1 amide bonds. The maximum Gasteiger partial charge on any atom is 0.455 e. The number of piperidine rings is 2.